The summed E-state index contributed by atoms with van der Waals surface area (Å²) >= 11 is 0. The summed E-state index contributed by atoms with van der Waals surface area (Å²) in [5.74, 6) is 0.625. The van der Waals surface area contributed by atoms with E-state index in [1.807, 2.05) is 20.8 Å². The number of hydrogen-bond donors (Lipinski definition) is 1. The average molecular weight is 327 g/mol. The largest absolute Gasteiger partial charge is 0.495 e. The smallest absolute Gasteiger partial charge is 0.244 e. The molecule has 2 rings (SSSR count). The van der Waals surface area contributed by atoms with Gasteiger partial charge in [-0.1, -0.05) is 13.8 Å². The molecule has 6 heteroatoms. The lowest BCUT2D eigenvalue weighted by Gasteiger charge is -2.17. The number of benzene rings is 1. The van der Waals surface area contributed by atoms with Gasteiger partial charge in [0.05, 0.1) is 13.2 Å². The minimum Gasteiger partial charge on any atom is -0.495 e. The van der Waals surface area contributed by atoms with E-state index in [1.165, 1.54) is 7.11 Å². The fourth-order valence-electron chi connectivity index (χ4n) is 2.75. The van der Waals surface area contributed by atoms with Crippen molar-refractivity contribution in [2.24, 2.45) is 0 Å². The van der Waals surface area contributed by atoms with Gasteiger partial charge in [-0.2, -0.15) is 0 Å². The Balaban J connectivity index is 2.29. The van der Waals surface area contributed by atoms with Crippen molar-refractivity contribution in [1.82, 2.24) is 4.72 Å². The van der Waals surface area contributed by atoms with E-state index in [0.29, 0.717) is 18.9 Å². The Labute approximate surface area is 133 Å². The fourth-order valence-corrected chi connectivity index (χ4v) is 4.00. The number of ether oxygens (including phenoxy) is 2. The molecule has 22 heavy (non-hydrogen) atoms. The molecule has 1 N–H and O–H groups in total. The molecule has 1 aromatic rings. The topological polar surface area (TPSA) is 64.6 Å². The van der Waals surface area contributed by atoms with Gasteiger partial charge in [0, 0.05) is 13.2 Å². The molecule has 0 aliphatic carbocycles. The predicted molar refractivity (Wildman–Crippen MR) is 86.0 cm³/mol. The quantitative estimate of drug-likeness (QED) is 0.872. The predicted octanol–water partition coefficient (Wildman–Crippen LogP) is 2.58. The standard InChI is InChI=1S/C16H25NO4S/c1-11(2)14-9-16(15(20-4)8-12(14)3)22(18,19)17-10-13-6-5-7-21-13/h8-9,11,13,17H,5-7,10H2,1-4H3. The molecule has 0 saturated carbocycles. The van der Waals surface area contributed by atoms with Crippen LogP contribution in [0.1, 0.15) is 43.7 Å². The first kappa shape index (κ1) is 17.2. The molecule has 0 aromatic heterocycles. The maximum atomic E-state index is 12.6. The van der Waals surface area contributed by atoms with Crippen molar-refractivity contribution in [2.75, 3.05) is 20.3 Å². The highest BCUT2D eigenvalue weighted by atomic mass is 32.2. The molecule has 1 aliphatic heterocycles. The minimum absolute atomic E-state index is 0.0317. The van der Waals surface area contributed by atoms with Gasteiger partial charge in [0.2, 0.25) is 10.0 Å². The van der Waals surface area contributed by atoms with Gasteiger partial charge in [-0.3, -0.25) is 0 Å². The van der Waals surface area contributed by atoms with Crippen molar-refractivity contribution in [3.8, 4) is 5.75 Å². The summed E-state index contributed by atoms with van der Waals surface area (Å²) in [4.78, 5) is 0.197. The highest BCUT2D eigenvalue weighted by Gasteiger charge is 2.24. The zero-order valence-corrected chi connectivity index (χ0v) is 14.5. The minimum atomic E-state index is -3.62. The summed E-state index contributed by atoms with van der Waals surface area (Å²) in [6, 6.07) is 3.51. The Kier molecular flexibility index (Phi) is 5.47. The van der Waals surface area contributed by atoms with Crippen LogP contribution in [-0.4, -0.2) is 34.8 Å². The first-order valence-electron chi connectivity index (χ1n) is 7.65. The summed E-state index contributed by atoms with van der Waals surface area (Å²) in [6.07, 6.45) is 1.85. The van der Waals surface area contributed by atoms with Gasteiger partial charge >= 0.3 is 0 Å². The second-order valence-corrected chi connectivity index (χ2v) is 7.74. The average Bonchev–Trinajstić information content (AvgIpc) is 2.97. The van der Waals surface area contributed by atoms with Gasteiger partial charge in [-0.05, 0) is 48.9 Å². The molecule has 124 valence electrons. The van der Waals surface area contributed by atoms with Crippen molar-refractivity contribution >= 4 is 10.0 Å². The van der Waals surface area contributed by atoms with Crippen LogP contribution in [-0.2, 0) is 14.8 Å². The third kappa shape index (κ3) is 3.80. The molecular formula is C16H25NO4S. The Bertz CT molecular complexity index is 619. The SMILES string of the molecule is COc1cc(C)c(C(C)C)cc1S(=O)(=O)NCC1CCCO1. The van der Waals surface area contributed by atoms with Gasteiger partial charge in [0.15, 0.2) is 0 Å². The highest BCUT2D eigenvalue weighted by molar-refractivity contribution is 7.89. The summed E-state index contributed by atoms with van der Waals surface area (Å²) in [5, 5.41) is 0. The lowest BCUT2D eigenvalue weighted by Crippen LogP contribution is -2.32. The normalized spacial score (nSPS) is 18.9. The van der Waals surface area contributed by atoms with E-state index in [0.717, 1.165) is 24.0 Å². The van der Waals surface area contributed by atoms with Crippen LogP contribution in [0, 0.1) is 6.92 Å². The highest BCUT2D eigenvalue weighted by Crippen LogP contribution is 2.31. The molecule has 1 saturated heterocycles. The Morgan fingerprint density at radius 3 is 2.68 bits per heavy atom. The third-order valence-electron chi connectivity index (χ3n) is 3.99. The maximum Gasteiger partial charge on any atom is 0.244 e. The van der Waals surface area contributed by atoms with Crippen molar-refractivity contribution in [3.05, 3.63) is 23.3 Å². The maximum absolute atomic E-state index is 12.6. The summed E-state index contributed by atoms with van der Waals surface area (Å²) < 4.78 is 38.6. The number of sulfonamides is 1. The number of hydrogen-bond acceptors (Lipinski definition) is 4. The third-order valence-corrected chi connectivity index (χ3v) is 5.43. The number of methoxy groups -OCH3 is 1. The molecule has 0 radical (unpaired) electrons. The number of aryl methyl sites for hydroxylation is 1. The number of rotatable bonds is 6. The van der Waals surface area contributed by atoms with Crippen LogP contribution in [0.4, 0.5) is 0 Å². The molecule has 1 aromatic carbocycles. The Morgan fingerprint density at radius 2 is 2.14 bits per heavy atom. The second-order valence-electron chi connectivity index (χ2n) is 6.00. The van der Waals surface area contributed by atoms with E-state index in [2.05, 4.69) is 4.72 Å². The first-order chi connectivity index (χ1) is 10.3. The van der Waals surface area contributed by atoms with Gasteiger partial charge < -0.3 is 9.47 Å². The monoisotopic (exact) mass is 327 g/mol. The summed E-state index contributed by atoms with van der Waals surface area (Å²) in [6.45, 7) is 7.07. The molecule has 0 bridgehead atoms. The van der Waals surface area contributed by atoms with E-state index in [4.69, 9.17) is 9.47 Å². The molecule has 1 unspecified atom stereocenters. The van der Waals surface area contributed by atoms with Crippen molar-refractivity contribution in [2.45, 2.75) is 50.5 Å². The molecule has 0 spiro atoms. The molecule has 1 heterocycles. The van der Waals surface area contributed by atoms with Gasteiger partial charge in [0.25, 0.3) is 0 Å². The second kappa shape index (κ2) is 6.98. The molecule has 0 amide bonds. The summed E-state index contributed by atoms with van der Waals surface area (Å²) in [5.41, 5.74) is 2.04. The van der Waals surface area contributed by atoms with E-state index >= 15 is 0 Å². The van der Waals surface area contributed by atoms with Crippen LogP contribution in [0.3, 0.4) is 0 Å². The van der Waals surface area contributed by atoms with Crippen LogP contribution >= 0.6 is 0 Å². The summed E-state index contributed by atoms with van der Waals surface area (Å²) in [7, 11) is -2.13. The Morgan fingerprint density at radius 1 is 1.41 bits per heavy atom. The number of nitrogens with one attached hydrogen (secondary N) is 1. The zero-order chi connectivity index (χ0) is 16.3. The van der Waals surface area contributed by atoms with E-state index in [1.54, 1.807) is 12.1 Å². The Hall–Kier alpha value is -1.11. The van der Waals surface area contributed by atoms with Crippen LogP contribution in [0.25, 0.3) is 0 Å². The molecule has 5 nitrogen and oxygen atoms in total. The zero-order valence-electron chi connectivity index (χ0n) is 13.7. The first-order valence-corrected chi connectivity index (χ1v) is 9.13. The van der Waals surface area contributed by atoms with Crippen LogP contribution < -0.4 is 9.46 Å². The lowest BCUT2D eigenvalue weighted by atomic mass is 9.98. The van der Waals surface area contributed by atoms with Crippen molar-refractivity contribution in [1.29, 1.82) is 0 Å². The van der Waals surface area contributed by atoms with Crippen LogP contribution in [0.5, 0.6) is 5.75 Å². The van der Waals surface area contributed by atoms with Gasteiger partial charge in [-0.25, -0.2) is 13.1 Å². The van der Waals surface area contributed by atoms with Crippen molar-refractivity contribution < 1.29 is 17.9 Å². The van der Waals surface area contributed by atoms with Gasteiger partial charge in [-0.15, -0.1) is 0 Å². The van der Waals surface area contributed by atoms with Crippen molar-refractivity contribution in [3.63, 3.8) is 0 Å². The molecule has 1 aliphatic rings. The van der Waals surface area contributed by atoms with E-state index in [9.17, 15) is 8.42 Å². The molecular weight excluding hydrogens is 302 g/mol. The van der Waals surface area contributed by atoms with Crippen LogP contribution in [0.15, 0.2) is 17.0 Å². The molecule has 1 fully saturated rings. The van der Waals surface area contributed by atoms with Gasteiger partial charge in [0.1, 0.15) is 10.6 Å². The van der Waals surface area contributed by atoms with Crippen LogP contribution in [0.2, 0.25) is 0 Å². The van der Waals surface area contributed by atoms with E-state index < -0.39 is 10.0 Å². The molecule has 1 atom stereocenters. The lowest BCUT2D eigenvalue weighted by molar-refractivity contribution is 0.114. The van der Waals surface area contributed by atoms with E-state index in [-0.39, 0.29) is 16.9 Å². The fraction of sp³-hybridized carbons (Fsp3) is 0.625.